The zero-order chi connectivity index (χ0) is 105. The molecule has 0 bridgehead atoms. The highest BCUT2D eigenvalue weighted by Gasteiger charge is 2.38. The molecule has 12 aliphatic heterocycles. The third-order valence-corrected chi connectivity index (χ3v) is 30.4. The summed E-state index contributed by atoms with van der Waals surface area (Å²) in [4.78, 5) is 41.2. The number of nitrogens with zero attached hydrogens (tertiary/aromatic N) is 17. The summed E-state index contributed by atoms with van der Waals surface area (Å²) in [6, 6.07) is 12.1. The van der Waals surface area contributed by atoms with Crippen molar-refractivity contribution in [2.24, 2.45) is 71.0 Å². The Morgan fingerprint density at radius 3 is 0.862 bits per heavy atom. The molecular formula is C121H241N17. The van der Waals surface area contributed by atoms with Gasteiger partial charge in [-0.3, -0.25) is 24.5 Å². The number of likely N-dealkylation sites (tertiary alicyclic amines) is 2. The molecule has 0 spiro atoms. The molecule has 6 atom stereocenters. The molecule has 0 aromatic heterocycles. The first kappa shape index (κ1) is 131. The van der Waals surface area contributed by atoms with Gasteiger partial charge in [0.1, 0.15) is 0 Å². The van der Waals surface area contributed by atoms with E-state index in [2.05, 4.69) is 520 Å². The fourth-order valence-electron chi connectivity index (χ4n) is 18.0. The standard InChI is InChI=1S/C12H25N.C12H23N.C11H21N.C10H20N2.C10H18N2.C10H22N2.2C10H20N2.C10H19N.C9H19N.C9H17N.C8H17N/c2*1-10(2)12-6-5-8-13(9-7-12)11(3)4;3*1-9(2)11-5-7-12(8-6-11)10(3)4;3*1-9(2)11-6-5-7-12(8-11)10(3)4;1-8(2)10-5-6-11(7-10)9(3)4;2*1-7(2)9-5-10(6-9)8(3)4;1-6(2)8-5-9(8)7(3)4/h10-12H,5-9H2,1-4H3;7,9-12H,5-6,8H2,1-4H3;5,7,9-11H,6,8H2,1-4H3;5,7,9-10H,6,8H2,1-4H3;5-10H,1-4H3;9-10H,5-8H2,1-4H3;2*5-6,9-10H,7-8H2,1-4H3;5-6,8-10H,7H2,1-4H3;7-9H,5-6H2,1-4H3;5,7-8H,6H2,1-4H3;6-8H,5H2,1-4H3. The second kappa shape index (κ2) is 69.5. The second-order valence-electron chi connectivity index (χ2n) is 49.4. The third kappa shape index (κ3) is 53.5. The van der Waals surface area contributed by atoms with Crippen molar-refractivity contribution in [3.63, 3.8) is 0 Å². The predicted octanol–water partition coefficient (Wildman–Crippen LogP) is 27.6. The van der Waals surface area contributed by atoms with Crippen molar-refractivity contribution in [1.82, 2.24) is 83.3 Å². The lowest BCUT2D eigenvalue weighted by atomic mass is 9.87. The Labute approximate surface area is 863 Å². The molecule has 17 heteroatoms. The van der Waals surface area contributed by atoms with Crippen LogP contribution in [-0.4, -0.2) is 310 Å². The Morgan fingerprint density at radius 1 is 0.217 bits per heavy atom. The summed E-state index contributed by atoms with van der Waals surface area (Å²) in [5, 5.41) is 0. The number of allylic oxidation sites excluding steroid dienone is 2. The molecule has 0 N–H and O–H groups in total. The maximum Gasteiger partial charge on any atom is 0.0709 e. The maximum absolute atomic E-state index is 2.63. The first-order valence-corrected chi connectivity index (χ1v) is 57.3. The van der Waals surface area contributed by atoms with Crippen molar-refractivity contribution in [2.75, 3.05) is 118 Å². The monoisotopic (exact) mass is 1930 g/mol. The highest BCUT2D eigenvalue weighted by molar-refractivity contribution is 5.17. The average molecular weight is 1930 g/mol. The largest absolute Gasteiger partial charge is 0.375 e. The molecule has 12 aliphatic rings. The molecular weight excluding hydrogens is 1690 g/mol. The van der Waals surface area contributed by atoms with Gasteiger partial charge in [-0.25, -0.2) is 0 Å². The zero-order valence-electron chi connectivity index (χ0n) is 101. The Morgan fingerprint density at radius 2 is 0.565 bits per heavy atom. The molecule has 0 aromatic carbocycles. The molecule has 12 rings (SSSR count). The molecule has 138 heavy (non-hydrogen) atoms. The first-order chi connectivity index (χ1) is 64.3. The van der Waals surface area contributed by atoms with Crippen LogP contribution < -0.4 is 0 Å². The van der Waals surface area contributed by atoms with Crippen LogP contribution in [0.4, 0.5) is 0 Å². The molecule has 12 heterocycles. The minimum atomic E-state index is 0.548. The fourth-order valence-corrected chi connectivity index (χ4v) is 18.0. The summed E-state index contributed by atoms with van der Waals surface area (Å²) in [6.07, 6.45) is 47.6. The van der Waals surface area contributed by atoms with Crippen molar-refractivity contribution in [1.29, 1.82) is 0 Å². The van der Waals surface area contributed by atoms with Crippen LogP contribution in [0.3, 0.4) is 0 Å². The van der Waals surface area contributed by atoms with Gasteiger partial charge in [0.15, 0.2) is 0 Å². The van der Waals surface area contributed by atoms with Crippen molar-refractivity contribution in [3.05, 3.63) is 110 Å². The van der Waals surface area contributed by atoms with E-state index in [9.17, 15) is 0 Å². The molecule has 17 nitrogen and oxygen atoms in total. The third-order valence-electron chi connectivity index (χ3n) is 30.4. The second-order valence-corrected chi connectivity index (χ2v) is 49.4. The van der Waals surface area contributed by atoms with E-state index in [4.69, 9.17) is 0 Å². The number of rotatable bonds is 24. The fraction of sp³-hybridized carbons (Fsp3) is 0.851. The maximum atomic E-state index is 2.63. The van der Waals surface area contributed by atoms with Crippen LogP contribution in [0.1, 0.15) is 377 Å². The summed E-state index contributed by atoms with van der Waals surface area (Å²) < 4.78 is 0. The van der Waals surface area contributed by atoms with Crippen LogP contribution in [0, 0.1) is 71.0 Å². The van der Waals surface area contributed by atoms with Crippen molar-refractivity contribution >= 4 is 0 Å². The molecule has 4 fully saturated rings. The van der Waals surface area contributed by atoms with E-state index in [1.54, 1.807) is 5.57 Å². The summed E-state index contributed by atoms with van der Waals surface area (Å²) in [5.41, 5.74) is 1.59. The SMILES string of the molecule is CC(C)C1=CN(C(C)C)C1.CC(C)C1C=CN(C(C)C)C1.CC(C)C1C=CN(C(C)C)CC1.CC(C)C1C=CN(C(C)C)CCC1.CC(C)C1CCCN(C(C)C)CC1.CC(C)C1CN(C(C)C)C1.CC(C)C1CN1C(C)C.CC(C)N1C=CCN(C(C)C)C1.CC(C)N1C=CCN(C(C)C)C1.CC(C)N1C=CN(C(C)C)C=C1.CC(C)N1C=CN(C(C)C)CC1.CC(C)N1CCCN(C(C)C)C1. The van der Waals surface area contributed by atoms with E-state index in [1.807, 2.05) is 0 Å². The van der Waals surface area contributed by atoms with Crippen LogP contribution in [0.2, 0.25) is 0 Å². The van der Waals surface area contributed by atoms with Gasteiger partial charge in [-0.2, -0.15) is 0 Å². The smallest absolute Gasteiger partial charge is 0.0709 e. The average Bonchev–Trinajstić information content (AvgIpc) is 1.66. The van der Waals surface area contributed by atoms with Gasteiger partial charge in [0.05, 0.1) is 20.0 Å². The van der Waals surface area contributed by atoms with Gasteiger partial charge in [0.25, 0.3) is 0 Å². The van der Waals surface area contributed by atoms with Crippen LogP contribution >= 0.6 is 0 Å². The lowest BCUT2D eigenvalue weighted by molar-refractivity contribution is 0.0408. The van der Waals surface area contributed by atoms with E-state index < -0.39 is 0 Å². The topological polar surface area (TPSA) is 54.9 Å². The minimum absolute atomic E-state index is 0.548. The predicted molar refractivity (Wildman–Crippen MR) is 615 cm³/mol. The molecule has 0 radical (unpaired) electrons. The molecule has 4 saturated heterocycles. The van der Waals surface area contributed by atoms with E-state index in [1.165, 1.54) is 117 Å². The summed E-state index contributed by atoms with van der Waals surface area (Å²) in [7, 11) is 0. The Kier molecular flexibility index (Phi) is 66.1. The van der Waals surface area contributed by atoms with Gasteiger partial charge in [0, 0.05) is 237 Å². The molecule has 6 unspecified atom stereocenters. The van der Waals surface area contributed by atoms with Gasteiger partial charge in [0.2, 0.25) is 0 Å². The zero-order valence-corrected chi connectivity index (χ0v) is 101. The lowest BCUT2D eigenvalue weighted by Crippen LogP contribution is -2.51. The van der Waals surface area contributed by atoms with Crippen molar-refractivity contribution < 1.29 is 0 Å². The summed E-state index contributed by atoms with van der Waals surface area (Å²) in [6.45, 7) is 131. The Bertz CT molecular complexity index is 3060. The van der Waals surface area contributed by atoms with Gasteiger partial charge in [-0.15, -0.1) is 0 Å². The van der Waals surface area contributed by atoms with Gasteiger partial charge >= 0.3 is 0 Å². The molecule has 0 aromatic rings. The van der Waals surface area contributed by atoms with E-state index in [0.717, 1.165) is 141 Å². The number of hydrogen-bond acceptors (Lipinski definition) is 17. The Balaban J connectivity index is 0.000000754. The highest BCUT2D eigenvalue weighted by Crippen LogP contribution is 2.31. The quantitative estimate of drug-likeness (QED) is 0.0861. The number of hydrogen-bond donors (Lipinski definition) is 0. The van der Waals surface area contributed by atoms with Crippen molar-refractivity contribution in [2.45, 2.75) is 486 Å². The molecule has 0 saturated carbocycles. The summed E-state index contributed by atoms with van der Waals surface area (Å²) in [5.74, 6) is 10.1. The lowest BCUT2D eigenvalue weighted by Gasteiger charge is -2.44. The van der Waals surface area contributed by atoms with Crippen LogP contribution in [0.25, 0.3) is 0 Å². The molecule has 0 aliphatic carbocycles. The van der Waals surface area contributed by atoms with Crippen LogP contribution in [0.5, 0.6) is 0 Å². The normalized spacial score (nSPS) is 22.4. The molecule has 0 amide bonds. The van der Waals surface area contributed by atoms with Crippen LogP contribution in [-0.2, 0) is 0 Å². The minimum Gasteiger partial charge on any atom is -0.375 e. The van der Waals surface area contributed by atoms with Gasteiger partial charge in [-0.1, -0.05) is 127 Å². The van der Waals surface area contributed by atoms with Crippen molar-refractivity contribution in [3.8, 4) is 0 Å². The van der Waals surface area contributed by atoms with E-state index in [-0.39, 0.29) is 0 Å². The van der Waals surface area contributed by atoms with Gasteiger partial charge in [-0.05, 0) is 401 Å². The van der Waals surface area contributed by atoms with E-state index in [0.29, 0.717) is 84.6 Å². The van der Waals surface area contributed by atoms with Gasteiger partial charge < -0.3 is 58.8 Å². The van der Waals surface area contributed by atoms with E-state index >= 15 is 0 Å². The first-order valence-electron chi connectivity index (χ1n) is 57.3. The Hall–Kier alpha value is -4.62. The van der Waals surface area contributed by atoms with Crippen LogP contribution in [0.15, 0.2) is 110 Å². The summed E-state index contributed by atoms with van der Waals surface area (Å²) >= 11 is 0. The molecule has 810 valence electrons. The highest BCUT2D eigenvalue weighted by atomic mass is 15.4.